The fourth-order valence-corrected chi connectivity index (χ4v) is 5.81. The fourth-order valence-electron chi connectivity index (χ4n) is 5.81. The van der Waals surface area contributed by atoms with Crippen molar-refractivity contribution in [2.45, 2.75) is 18.6 Å². The van der Waals surface area contributed by atoms with Crippen LogP contribution in [0.25, 0.3) is 0 Å². The fraction of sp³-hybridized carbons (Fsp3) is 0.345. The summed E-state index contributed by atoms with van der Waals surface area (Å²) in [5, 5.41) is 0. The van der Waals surface area contributed by atoms with E-state index in [1.54, 1.807) is 31.2 Å². The van der Waals surface area contributed by atoms with Crippen LogP contribution in [0.4, 0.5) is 0 Å². The van der Waals surface area contributed by atoms with Crippen LogP contribution in [0.1, 0.15) is 28.7 Å². The molecule has 1 fully saturated rings. The molecule has 202 valence electrons. The molecule has 1 aliphatic carbocycles. The number of rotatable bonds is 7. The minimum Gasteiger partial charge on any atom is -0.493 e. The van der Waals surface area contributed by atoms with E-state index in [2.05, 4.69) is 0 Å². The van der Waals surface area contributed by atoms with E-state index in [1.807, 2.05) is 42.5 Å². The molecule has 1 saturated heterocycles. The second kappa shape index (κ2) is 10.0. The van der Waals surface area contributed by atoms with Crippen LogP contribution in [0.3, 0.4) is 0 Å². The van der Waals surface area contributed by atoms with Crippen molar-refractivity contribution in [3.63, 3.8) is 0 Å². The number of aromatic nitrogens is 1. The van der Waals surface area contributed by atoms with Gasteiger partial charge >= 0.3 is 11.9 Å². The van der Waals surface area contributed by atoms with Gasteiger partial charge in [-0.05, 0) is 35.4 Å². The molecule has 2 aromatic carbocycles. The predicted octanol–water partition coefficient (Wildman–Crippen LogP) is 2.95. The van der Waals surface area contributed by atoms with E-state index >= 15 is 0 Å². The van der Waals surface area contributed by atoms with Crippen LogP contribution in [0.15, 0.2) is 54.9 Å². The lowest BCUT2D eigenvalue weighted by atomic mass is 9.66. The number of methoxy groups -OCH3 is 3. The van der Waals surface area contributed by atoms with Gasteiger partial charge in [-0.1, -0.05) is 6.07 Å². The van der Waals surface area contributed by atoms with Gasteiger partial charge in [0.15, 0.2) is 35.4 Å². The molecule has 3 aliphatic rings. The SMILES string of the molecule is COc1cc(C2c3cc4c(cc3C(OC(=O)C[n+]3ccccc3)C3COC(=O)C23)OCO4)cc(OC)c1OC. The molecular formula is C29H28NO9+. The quantitative estimate of drug-likeness (QED) is 0.334. The number of cyclic esters (lactones) is 1. The van der Waals surface area contributed by atoms with Gasteiger partial charge in [0.1, 0.15) is 6.10 Å². The predicted molar refractivity (Wildman–Crippen MR) is 134 cm³/mol. The average molecular weight is 535 g/mol. The lowest BCUT2D eigenvalue weighted by Gasteiger charge is -2.38. The number of hydrogen-bond acceptors (Lipinski definition) is 9. The van der Waals surface area contributed by atoms with Crippen molar-refractivity contribution in [3.8, 4) is 28.7 Å². The largest absolute Gasteiger partial charge is 0.493 e. The summed E-state index contributed by atoms with van der Waals surface area (Å²) in [5.74, 6) is 0.200. The minimum atomic E-state index is -0.721. The van der Waals surface area contributed by atoms with Crippen LogP contribution in [0.2, 0.25) is 0 Å². The van der Waals surface area contributed by atoms with Gasteiger partial charge in [0.2, 0.25) is 19.1 Å². The highest BCUT2D eigenvalue weighted by Crippen LogP contribution is 2.56. The maximum absolute atomic E-state index is 13.3. The summed E-state index contributed by atoms with van der Waals surface area (Å²) < 4.78 is 41.5. The number of ether oxygens (including phenoxy) is 7. The van der Waals surface area contributed by atoms with E-state index < -0.39 is 29.8 Å². The standard InChI is InChI=1S/C29H28NO9/c1-33-22-9-16(10-23(34-2)28(22)35-3)25-17-11-20-21(38-15-37-20)12-18(17)27(19-14-36-29(32)26(19)25)39-24(31)13-30-7-5-4-6-8-30/h4-12,19,25-27H,13-15H2,1-3H3/q+1. The molecule has 2 aliphatic heterocycles. The summed E-state index contributed by atoms with van der Waals surface area (Å²) in [7, 11) is 4.62. The van der Waals surface area contributed by atoms with Crippen molar-refractivity contribution in [1.82, 2.24) is 0 Å². The second-order valence-corrected chi connectivity index (χ2v) is 9.55. The number of fused-ring (bicyclic) bond motifs is 3. The van der Waals surface area contributed by atoms with E-state index in [-0.39, 0.29) is 25.9 Å². The number of carbonyl (C=O) groups excluding carboxylic acids is 2. The van der Waals surface area contributed by atoms with E-state index in [1.165, 1.54) is 7.11 Å². The number of pyridine rings is 1. The monoisotopic (exact) mass is 534 g/mol. The summed E-state index contributed by atoms with van der Waals surface area (Å²) in [4.78, 5) is 26.4. The van der Waals surface area contributed by atoms with E-state index in [0.29, 0.717) is 28.7 Å². The maximum Gasteiger partial charge on any atom is 0.373 e. The smallest absolute Gasteiger partial charge is 0.373 e. The zero-order valence-corrected chi connectivity index (χ0v) is 21.7. The highest BCUT2D eigenvalue weighted by molar-refractivity contribution is 5.79. The van der Waals surface area contributed by atoms with Crippen molar-refractivity contribution in [1.29, 1.82) is 0 Å². The Morgan fingerprint density at radius 2 is 1.56 bits per heavy atom. The molecular weight excluding hydrogens is 506 g/mol. The van der Waals surface area contributed by atoms with Crippen molar-refractivity contribution in [2.75, 3.05) is 34.7 Å². The van der Waals surface area contributed by atoms with Crippen LogP contribution in [0.5, 0.6) is 28.7 Å². The molecule has 3 aromatic rings. The Bertz CT molecular complexity index is 1400. The van der Waals surface area contributed by atoms with Gasteiger partial charge in [-0.15, -0.1) is 0 Å². The molecule has 4 unspecified atom stereocenters. The number of nitrogens with zero attached hydrogens (tertiary/aromatic N) is 1. The normalized spacial score (nSPS) is 22.4. The van der Waals surface area contributed by atoms with Gasteiger partial charge < -0.3 is 33.2 Å². The van der Waals surface area contributed by atoms with Crippen LogP contribution in [-0.4, -0.2) is 46.7 Å². The molecule has 1 aromatic heterocycles. The molecule has 0 saturated carbocycles. The Kier molecular flexibility index (Phi) is 6.38. The van der Waals surface area contributed by atoms with Gasteiger partial charge in [-0.25, -0.2) is 4.79 Å². The molecule has 39 heavy (non-hydrogen) atoms. The van der Waals surface area contributed by atoms with Gasteiger partial charge in [-0.3, -0.25) is 4.79 Å². The summed E-state index contributed by atoms with van der Waals surface area (Å²) >= 11 is 0. The third-order valence-corrected chi connectivity index (χ3v) is 7.51. The van der Waals surface area contributed by atoms with Crippen LogP contribution in [0, 0.1) is 11.8 Å². The highest BCUT2D eigenvalue weighted by Gasteiger charge is 2.54. The average Bonchev–Trinajstić information content (AvgIpc) is 3.58. The van der Waals surface area contributed by atoms with Crippen molar-refractivity contribution >= 4 is 11.9 Å². The van der Waals surface area contributed by atoms with Gasteiger partial charge in [-0.2, -0.15) is 4.57 Å². The third-order valence-electron chi connectivity index (χ3n) is 7.51. The molecule has 0 amide bonds. The lowest BCUT2D eigenvalue weighted by molar-refractivity contribution is -0.686. The van der Waals surface area contributed by atoms with Crippen LogP contribution < -0.4 is 28.3 Å². The molecule has 0 radical (unpaired) electrons. The first-order valence-corrected chi connectivity index (χ1v) is 12.6. The highest BCUT2D eigenvalue weighted by atomic mass is 16.7. The summed E-state index contributed by atoms with van der Waals surface area (Å²) in [6.07, 6.45) is 2.86. The molecule has 0 N–H and O–H groups in total. The Hall–Kier alpha value is -4.47. The van der Waals surface area contributed by atoms with E-state index in [9.17, 15) is 9.59 Å². The zero-order valence-electron chi connectivity index (χ0n) is 21.7. The van der Waals surface area contributed by atoms with Crippen molar-refractivity contribution in [3.05, 3.63) is 71.5 Å². The molecule has 6 rings (SSSR count). The van der Waals surface area contributed by atoms with Gasteiger partial charge in [0.05, 0.1) is 33.9 Å². The Balaban J connectivity index is 1.48. The van der Waals surface area contributed by atoms with Gasteiger partial charge in [0, 0.05) is 29.5 Å². The molecule has 10 heteroatoms. The molecule has 3 heterocycles. The Morgan fingerprint density at radius 1 is 0.897 bits per heavy atom. The summed E-state index contributed by atoms with van der Waals surface area (Å²) in [6.45, 7) is 0.228. The second-order valence-electron chi connectivity index (χ2n) is 9.55. The van der Waals surface area contributed by atoms with Crippen LogP contribution in [-0.2, 0) is 25.6 Å². The van der Waals surface area contributed by atoms with E-state index in [0.717, 1.165) is 16.7 Å². The Labute approximate surface area is 224 Å². The lowest BCUT2D eigenvalue weighted by Crippen LogP contribution is -2.41. The molecule has 0 spiro atoms. The van der Waals surface area contributed by atoms with Gasteiger partial charge in [0.25, 0.3) is 0 Å². The zero-order chi connectivity index (χ0) is 27.1. The topological polar surface area (TPSA) is 103 Å². The van der Waals surface area contributed by atoms with Crippen LogP contribution >= 0.6 is 0 Å². The summed E-state index contributed by atoms with van der Waals surface area (Å²) in [5.41, 5.74) is 2.28. The first-order chi connectivity index (χ1) is 19.0. The molecule has 10 nitrogen and oxygen atoms in total. The van der Waals surface area contributed by atoms with E-state index in [4.69, 9.17) is 33.2 Å². The molecule has 0 bridgehead atoms. The number of esters is 2. The molecule has 4 atom stereocenters. The Morgan fingerprint density at radius 3 is 2.21 bits per heavy atom. The first kappa shape index (κ1) is 24.8. The number of hydrogen-bond donors (Lipinski definition) is 0. The number of benzene rings is 2. The number of carbonyl (C=O) groups is 2. The first-order valence-electron chi connectivity index (χ1n) is 12.6. The van der Waals surface area contributed by atoms with Crippen molar-refractivity contribution in [2.24, 2.45) is 11.8 Å². The summed E-state index contributed by atoms with van der Waals surface area (Å²) in [6, 6.07) is 12.9. The third kappa shape index (κ3) is 4.25. The minimum absolute atomic E-state index is 0.0275. The maximum atomic E-state index is 13.3. The van der Waals surface area contributed by atoms with Crippen molar-refractivity contribution < 1.29 is 47.3 Å².